The second kappa shape index (κ2) is 8.31. The normalized spacial score (nSPS) is 13.8. The van der Waals surface area contributed by atoms with E-state index in [1.807, 2.05) is 67.7 Å². The van der Waals surface area contributed by atoms with E-state index in [0.717, 1.165) is 33.3 Å². The summed E-state index contributed by atoms with van der Waals surface area (Å²) < 4.78 is 3.63. The fourth-order valence-corrected chi connectivity index (χ4v) is 4.58. The predicted octanol–water partition coefficient (Wildman–Crippen LogP) is 4.98. The van der Waals surface area contributed by atoms with Crippen LogP contribution < -0.4 is 5.32 Å². The summed E-state index contributed by atoms with van der Waals surface area (Å²) in [6, 6.07) is 20.3. The van der Waals surface area contributed by atoms with Crippen molar-refractivity contribution in [3.8, 4) is 5.69 Å². The monoisotopic (exact) mass is 476 g/mol. The lowest BCUT2D eigenvalue weighted by Crippen LogP contribution is -2.03. The van der Waals surface area contributed by atoms with Gasteiger partial charge in [-0.15, -0.1) is 5.10 Å². The van der Waals surface area contributed by atoms with E-state index in [4.69, 9.17) is 0 Å². The maximum absolute atomic E-state index is 12.7. The number of rotatable bonds is 5. The Morgan fingerprint density at radius 1 is 1.06 bits per heavy atom. The summed E-state index contributed by atoms with van der Waals surface area (Å²) in [7, 11) is 0. The van der Waals surface area contributed by atoms with E-state index in [9.17, 15) is 14.9 Å². The molecule has 1 aliphatic heterocycles. The summed E-state index contributed by atoms with van der Waals surface area (Å²) in [4.78, 5) is 23.4. The van der Waals surface area contributed by atoms with E-state index >= 15 is 0 Å². The first-order valence-corrected chi connectivity index (χ1v) is 11.3. The van der Waals surface area contributed by atoms with Crippen LogP contribution in [-0.2, 0) is 11.3 Å². The van der Waals surface area contributed by atoms with E-state index in [1.54, 1.807) is 16.9 Å². The summed E-state index contributed by atoms with van der Waals surface area (Å²) in [5.74, 6) is -0.122. The highest BCUT2D eigenvalue weighted by Crippen LogP contribution is 2.34. The number of nitrogens with zero attached hydrogens (tertiary/aromatic N) is 5. The molecule has 2 aromatic heterocycles. The number of nitro groups is 1. The zero-order valence-corrected chi connectivity index (χ0v) is 19.3. The van der Waals surface area contributed by atoms with Crippen molar-refractivity contribution in [3.63, 3.8) is 0 Å². The minimum Gasteiger partial charge on any atom is -0.341 e. The molecular formula is C27H20N6O3. The number of hydrogen-bond donors (Lipinski definition) is 1. The van der Waals surface area contributed by atoms with E-state index in [0.29, 0.717) is 23.5 Å². The van der Waals surface area contributed by atoms with Gasteiger partial charge < -0.3 is 9.88 Å². The number of anilines is 1. The molecule has 0 saturated heterocycles. The molecule has 0 spiro atoms. The number of aryl methyl sites for hydroxylation is 1. The van der Waals surface area contributed by atoms with Crippen molar-refractivity contribution in [3.05, 3.63) is 112 Å². The van der Waals surface area contributed by atoms with Crippen molar-refractivity contribution in [1.29, 1.82) is 0 Å². The van der Waals surface area contributed by atoms with Crippen molar-refractivity contribution >= 4 is 39.8 Å². The molecule has 0 unspecified atom stereocenters. The van der Waals surface area contributed by atoms with Crippen LogP contribution in [0.4, 0.5) is 11.4 Å². The van der Waals surface area contributed by atoms with Gasteiger partial charge in [0.05, 0.1) is 23.4 Å². The Labute approximate surface area is 205 Å². The van der Waals surface area contributed by atoms with Gasteiger partial charge in [-0.3, -0.25) is 14.9 Å². The molecule has 1 amide bonds. The topological polar surface area (TPSA) is 108 Å². The zero-order valence-electron chi connectivity index (χ0n) is 19.3. The number of nitrogens with one attached hydrogen (secondary N) is 1. The third kappa shape index (κ3) is 3.63. The van der Waals surface area contributed by atoms with Crippen LogP contribution in [0, 0.1) is 17.0 Å². The smallest absolute Gasteiger partial charge is 0.271 e. The fourth-order valence-electron chi connectivity index (χ4n) is 4.58. The van der Waals surface area contributed by atoms with Gasteiger partial charge in [0.2, 0.25) is 0 Å². The molecule has 1 aliphatic rings. The number of fused-ring (bicyclic) bond motifs is 2. The fraction of sp³-hybridized carbons (Fsp3) is 0.0741. The maximum Gasteiger partial charge on any atom is 0.271 e. The van der Waals surface area contributed by atoms with Crippen molar-refractivity contribution in [2.24, 2.45) is 0 Å². The minimum absolute atomic E-state index is 0.000689. The molecule has 1 N–H and O–H groups in total. The third-order valence-corrected chi connectivity index (χ3v) is 6.35. The molecule has 36 heavy (non-hydrogen) atoms. The summed E-state index contributed by atoms with van der Waals surface area (Å²) in [5, 5.41) is 23.7. The molecule has 5 aromatic rings. The Morgan fingerprint density at radius 2 is 1.86 bits per heavy atom. The van der Waals surface area contributed by atoms with E-state index in [1.165, 1.54) is 12.1 Å². The Balaban J connectivity index is 1.37. The van der Waals surface area contributed by atoms with Gasteiger partial charge in [0.25, 0.3) is 11.6 Å². The van der Waals surface area contributed by atoms with Gasteiger partial charge in [-0.1, -0.05) is 47.7 Å². The average molecular weight is 476 g/mol. The molecule has 6 rings (SSSR count). The minimum atomic E-state index is -0.425. The highest BCUT2D eigenvalue weighted by atomic mass is 16.6. The highest BCUT2D eigenvalue weighted by molar-refractivity contribution is 6.35. The summed E-state index contributed by atoms with van der Waals surface area (Å²) >= 11 is 0. The first-order chi connectivity index (χ1) is 17.5. The van der Waals surface area contributed by atoms with Crippen LogP contribution in [0.2, 0.25) is 0 Å². The average Bonchev–Trinajstić information content (AvgIpc) is 3.56. The number of para-hydroxylation sites is 2. The van der Waals surface area contributed by atoms with Crippen molar-refractivity contribution in [2.45, 2.75) is 13.5 Å². The zero-order chi connectivity index (χ0) is 24.8. The Hall–Kier alpha value is -5.05. The summed E-state index contributed by atoms with van der Waals surface area (Å²) in [5.41, 5.74) is 6.40. The molecule has 3 aromatic carbocycles. The van der Waals surface area contributed by atoms with E-state index < -0.39 is 4.92 Å². The van der Waals surface area contributed by atoms with Crippen LogP contribution in [-0.4, -0.2) is 30.4 Å². The predicted molar refractivity (Wildman–Crippen MR) is 137 cm³/mol. The Morgan fingerprint density at radius 3 is 2.72 bits per heavy atom. The number of carbonyl (C=O) groups excluding carboxylic acids is 1. The molecule has 0 bridgehead atoms. The number of hydrogen-bond acceptors (Lipinski definition) is 5. The van der Waals surface area contributed by atoms with Crippen molar-refractivity contribution in [1.82, 2.24) is 19.6 Å². The van der Waals surface area contributed by atoms with Crippen molar-refractivity contribution < 1.29 is 9.72 Å². The molecule has 3 heterocycles. The first-order valence-electron chi connectivity index (χ1n) is 11.3. The van der Waals surface area contributed by atoms with Gasteiger partial charge in [0.1, 0.15) is 5.69 Å². The number of amides is 1. The summed E-state index contributed by atoms with van der Waals surface area (Å²) in [6.07, 6.45) is 5.70. The molecule has 0 atom stereocenters. The SMILES string of the molecule is Cc1ccc([N+](=O)[O-])cc1-n1cc(Cn2cc(C=C3C(=O)Nc4ccccc43)c3ccccc32)nn1. The lowest BCUT2D eigenvalue weighted by molar-refractivity contribution is -0.384. The molecule has 0 saturated carbocycles. The van der Waals surface area contributed by atoms with Crippen LogP contribution in [0.1, 0.15) is 22.4 Å². The quantitative estimate of drug-likeness (QED) is 0.219. The number of nitro benzene ring substituents is 1. The molecule has 0 fully saturated rings. The molecular weight excluding hydrogens is 456 g/mol. The van der Waals surface area contributed by atoms with Crippen molar-refractivity contribution in [2.75, 3.05) is 5.32 Å². The van der Waals surface area contributed by atoms with Crippen LogP contribution in [0.5, 0.6) is 0 Å². The van der Waals surface area contributed by atoms with Crippen LogP contribution >= 0.6 is 0 Å². The third-order valence-electron chi connectivity index (χ3n) is 6.35. The van der Waals surface area contributed by atoms with E-state index in [2.05, 4.69) is 20.2 Å². The van der Waals surface area contributed by atoms with Gasteiger partial charge in [-0.05, 0) is 30.7 Å². The lowest BCUT2D eigenvalue weighted by atomic mass is 10.0. The largest absolute Gasteiger partial charge is 0.341 e. The Kier molecular flexibility index (Phi) is 4.96. The van der Waals surface area contributed by atoms with Crippen LogP contribution in [0.25, 0.3) is 28.2 Å². The molecule has 0 aliphatic carbocycles. The number of carbonyl (C=O) groups is 1. The second-order valence-electron chi connectivity index (χ2n) is 8.67. The first kappa shape index (κ1) is 21.5. The van der Waals surface area contributed by atoms with Gasteiger partial charge >= 0.3 is 0 Å². The lowest BCUT2D eigenvalue weighted by Gasteiger charge is -2.04. The second-order valence-corrected chi connectivity index (χ2v) is 8.67. The Bertz CT molecular complexity index is 1710. The molecule has 176 valence electrons. The number of benzene rings is 3. The van der Waals surface area contributed by atoms with E-state index in [-0.39, 0.29) is 11.6 Å². The van der Waals surface area contributed by atoms with Gasteiger partial charge in [-0.2, -0.15) is 0 Å². The van der Waals surface area contributed by atoms with Crippen LogP contribution in [0.3, 0.4) is 0 Å². The molecule has 9 nitrogen and oxygen atoms in total. The molecule has 9 heteroatoms. The van der Waals surface area contributed by atoms with Gasteiger partial charge in [0.15, 0.2) is 0 Å². The molecule has 0 radical (unpaired) electrons. The van der Waals surface area contributed by atoms with Gasteiger partial charge in [0, 0.05) is 51.6 Å². The number of non-ortho nitro benzene ring substituents is 1. The summed E-state index contributed by atoms with van der Waals surface area (Å²) in [6.45, 7) is 2.32. The number of aromatic nitrogens is 4. The standard InChI is InChI=1S/C27H20N6O3/c1-17-10-11-20(33(35)36)13-26(17)32-16-19(29-30-32)15-31-14-18(21-6-3-5-9-25(21)31)12-23-22-7-2-4-8-24(22)28-27(23)34/h2-14,16H,15H2,1H3,(H,28,34). The van der Waals surface area contributed by atoms with Gasteiger partial charge in [-0.25, -0.2) is 4.68 Å². The highest BCUT2D eigenvalue weighted by Gasteiger charge is 2.24. The maximum atomic E-state index is 12.7. The van der Waals surface area contributed by atoms with Crippen LogP contribution in [0.15, 0.2) is 79.1 Å².